The SMILES string of the molecule is CCCc1nnc(NC(=O)NCc2cccnc2OCC(F)(F)F)s1. The number of ether oxygens (including phenoxy) is 1. The maximum atomic E-state index is 12.2. The van der Waals surface area contributed by atoms with Gasteiger partial charge in [0.2, 0.25) is 11.0 Å². The van der Waals surface area contributed by atoms with Crippen molar-refractivity contribution in [3.8, 4) is 5.88 Å². The van der Waals surface area contributed by atoms with E-state index in [1.165, 1.54) is 29.7 Å². The highest BCUT2D eigenvalue weighted by Gasteiger charge is 2.29. The van der Waals surface area contributed by atoms with Crippen LogP contribution in [-0.2, 0) is 13.0 Å². The molecule has 0 aromatic carbocycles. The molecule has 0 fully saturated rings. The van der Waals surface area contributed by atoms with Gasteiger partial charge >= 0.3 is 12.2 Å². The normalized spacial score (nSPS) is 11.2. The third-order valence-electron chi connectivity index (χ3n) is 2.81. The van der Waals surface area contributed by atoms with E-state index in [1.54, 1.807) is 0 Å². The van der Waals surface area contributed by atoms with E-state index in [4.69, 9.17) is 0 Å². The molecule has 2 aromatic rings. The molecule has 11 heteroatoms. The molecule has 0 spiro atoms. The summed E-state index contributed by atoms with van der Waals surface area (Å²) < 4.78 is 41.4. The minimum atomic E-state index is -4.46. The lowest BCUT2D eigenvalue weighted by molar-refractivity contribution is -0.154. The van der Waals surface area contributed by atoms with Crippen LogP contribution in [0.15, 0.2) is 18.3 Å². The van der Waals surface area contributed by atoms with Gasteiger partial charge in [0.15, 0.2) is 6.61 Å². The van der Waals surface area contributed by atoms with E-state index < -0.39 is 18.8 Å². The van der Waals surface area contributed by atoms with Crippen LogP contribution in [0.5, 0.6) is 5.88 Å². The molecule has 0 aliphatic carbocycles. The number of aryl methyl sites for hydroxylation is 1. The second kappa shape index (κ2) is 8.60. The summed E-state index contributed by atoms with van der Waals surface area (Å²) >= 11 is 1.27. The molecule has 2 N–H and O–H groups in total. The van der Waals surface area contributed by atoms with E-state index in [0.29, 0.717) is 10.7 Å². The van der Waals surface area contributed by atoms with Gasteiger partial charge in [-0.2, -0.15) is 13.2 Å². The number of halogens is 3. The highest BCUT2D eigenvalue weighted by atomic mass is 32.1. The minimum absolute atomic E-state index is 0.0481. The molecule has 2 rings (SSSR count). The molecule has 0 atom stereocenters. The summed E-state index contributed by atoms with van der Waals surface area (Å²) in [5, 5.41) is 14.0. The maximum Gasteiger partial charge on any atom is 0.422 e. The predicted octanol–water partition coefficient (Wildman–Crippen LogP) is 3.15. The van der Waals surface area contributed by atoms with Crippen molar-refractivity contribution in [2.75, 3.05) is 11.9 Å². The summed E-state index contributed by atoms with van der Waals surface area (Å²) in [7, 11) is 0. The number of nitrogens with one attached hydrogen (secondary N) is 2. The van der Waals surface area contributed by atoms with Crippen molar-refractivity contribution >= 4 is 22.5 Å². The van der Waals surface area contributed by atoms with Crippen molar-refractivity contribution in [1.82, 2.24) is 20.5 Å². The number of alkyl halides is 3. The second-order valence-electron chi connectivity index (χ2n) is 4.93. The van der Waals surface area contributed by atoms with Gasteiger partial charge in [-0.1, -0.05) is 24.3 Å². The van der Waals surface area contributed by atoms with Crippen LogP contribution in [0.4, 0.5) is 23.1 Å². The van der Waals surface area contributed by atoms with Crippen LogP contribution in [0.25, 0.3) is 0 Å². The third kappa shape index (κ3) is 6.53. The Bertz CT molecular complexity index is 708. The number of carbonyl (C=O) groups is 1. The fourth-order valence-electron chi connectivity index (χ4n) is 1.77. The van der Waals surface area contributed by atoms with Crippen molar-refractivity contribution in [1.29, 1.82) is 0 Å². The summed E-state index contributed by atoms with van der Waals surface area (Å²) in [6.07, 6.45) is -1.46. The molecular weight excluding hydrogens is 359 g/mol. The smallest absolute Gasteiger partial charge is 0.422 e. The number of nitrogens with zero attached hydrogens (tertiary/aromatic N) is 3. The van der Waals surface area contributed by atoms with Crippen LogP contribution in [0.2, 0.25) is 0 Å². The first kappa shape index (κ1) is 18.9. The van der Waals surface area contributed by atoms with E-state index in [9.17, 15) is 18.0 Å². The Hall–Kier alpha value is -2.43. The lowest BCUT2D eigenvalue weighted by Gasteiger charge is -2.12. The average molecular weight is 375 g/mol. The monoisotopic (exact) mass is 375 g/mol. The van der Waals surface area contributed by atoms with Gasteiger partial charge in [-0.3, -0.25) is 5.32 Å². The highest BCUT2D eigenvalue weighted by Crippen LogP contribution is 2.20. The standard InChI is InChI=1S/C14H16F3N5O2S/c1-2-4-10-21-22-13(25-10)20-12(23)19-7-9-5-3-6-18-11(9)24-8-14(15,16)17/h3,5-6H,2,4,7-8H2,1H3,(H2,19,20,22,23). The zero-order valence-corrected chi connectivity index (χ0v) is 14.1. The molecule has 0 aliphatic rings. The Labute approximate surface area is 145 Å². The number of pyridine rings is 1. The average Bonchev–Trinajstić information content (AvgIpc) is 2.98. The van der Waals surface area contributed by atoms with E-state index >= 15 is 0 Å². The summed E-state index contributed by atoms with van der Waals surface area (Å²) in [5.41, 5.74) is 0.325. The molecule has 0 bridgehead atoms. The predicted molar refractivity (Wildman–Crippen MR) is 85.5 cm³/mol. The number of hydrogen-bond donors (Lipinski definition) is 2. The summed E-state index contributed by atoms with van der Waals surface area (Å²) in [5.74, 6) is -0.179. The van der Waals surface area contributed by atoms with E-state index in [1.807, 2.05) is 6.92 Å². The van der Waals surface area contributed by atoms with Crippen LogP contribution in [-0.4, -0.2) is 34.0 Å². The van der Waals surface area contributed by atoms with Crippen LogP contribution < -0.4 is 15.4 Å². The second-order valence-corrected chi connectivity index (χ2v) is 5.99. The Morgan fingerprint density at radius 1 is 1.36 bits per heavy atom. The number of amides is 2. The molecule has 7 nitrogen and oxygen atoms in total. The Morgan fingerprint density at radius 3 is 2.88 bits per heavy atom. The van der Waals surface area contributed by atoms with E-state index in [2.05, 4.69) is 30.6 Å². The quantitative estimate of drug-likeness (QED) is 0.776. The molecule has 0 saturated heterocycles. The number of aromatic nitrogens is 3. The molecule has 25 heavy (non-hydrogen) atoms. The van der Waals surface area contributed by atoms with Gasteiger partial charge in [-0.15, -0.1) is 10.2 Å². The van der Waals surface area contributed by atoms with Crippen molar-refractivity contribution in [2.24, 2.45) is 0 Å². The van der Waals surface area contributed by atoms with Crippen LogP contribution >= 0.6 is 11.3 Å². The van der Waals surface area contributed by atoms with Crippen molar-refractivity contribution < 1.29 is 22.7 Å². The third-order valence-corrected chi connectivity index (χ3v) is 3.71. The van der Waals surface area contributed by atoms with Crippen molar-refractivity contribution in [3.63, 3.8) is 0 Å². The van der Waals surface area contributed by atoms with Crippen LogP contribution in [0.3, 0.4) is 0 Å². The lowest BCUT2D eigenvalue weighted by atomic mass is 10.2. The minimum Gasteiger partial charge on any atom is -0.468 e. The first-order valence-corrected chi connectivity index (χ1v) is 8.19. The number of urea groups is 1. The fourth-order valence-corrected chi connectivity index (χ4v) is 2.61. The number of hydrogen-bond acceptors (Lipinski definition) is 6. The maximum absolute atomic E-state index is 12.2. The Balaban J connectivity index is 1.88. The van der Waals surface area contributed by atoms with Gasteiger partial charge in [0.1, 0.15) is 5.01 Å². The molecule has 136 valence electrons. The number of rotatable bonds is 7. The molecule has 2 heterocycles. The molecular formula is C14H16F3N5O2S. The van der Waals surface area contributed by atoms with Crippen molar-refractivity contribution in [3.05, 3.63) is 28.9 Å². The van der Waals surface area contributed by atoms with E-state index in [-0.39, 0.29) is 12.4 Å². The molecule has 0 aliphatic heterocycles. The summed E-state index contributed by atoms with van der Waals surface area (Å²) in [6, 6.07) is 2.50. The molecule has 2 aromatic heterocycles. The van der Waals surface area contributed by atoms with Gasteiger partial charge in [-0.05, 0) is 12.5 Å². The molecule has 2 amide bonds. The highest BCUT2D eigenvalue weighted by molar-refractivity contribution is 7.15. The first-order valence-electron chi connectivity index (χ1n) is 7.38. The number of anilines is 1. The lowest BCUT2D eigenvalue weighted by Crippen LogP contribution is -2.28. The van der Waals surface area contributed by atoms with Gasteiger partial charge in [0.25, 0.3) is 0 Å². The largest absolute Gasteiger partial charge is 0.468 e. The van der Waals surface area contributed by atoms with Crippen molar-refractivity contribution in [2.45, 2.75) is 32.5 Å². The van der Waals surface area contributed by atoms with Crippen LogP contribution in [0, 0.1) is 0 Å². The fraction of sp³-hybridized carbons (Fsp3) is 0.429. The molecule has 0 saturated carbocycles. The zero-order chi connectivity index (χ0) is 18.3. The van der Waals surface area contributed by atoms with E-state index in [0.717, 1.165) is 17.8 Å². The first-order chi connectivity index (χ1) is 11.9. The van der Waals surface area contributed by atoms with Gasteiger partial charge in [-0.25, -0.2) is 9.78 Å². The van der Waals surface area contributed by atoms with Crippen LogP contribution in [0.1, 0.15) is 23.9 Å². The summed E-state index contributed by atoms with van der Waals surface area (Å²) in [6.45, 7) is 0.509. The number of carbonyl (C=O) groups excluding carboxylic acids is 1. The van der Waals surface area contributed by atoms with Gasteiger partial charge < -0.3 is 10.1 Å². The zero-order valence-electron chi connectivity index (χ0n) is 13.3. The van der Waals surface area contributed by atoms with Gasteiger partial charge in [0.05, 0.1) is 0 Å². The topological polar surface area (TPSA) is 89.0 Å². The molecule has 0 unspecified atom stereocenters. The Morgan fingerprint density at radius 2 is 2.16 bits per heavy atom. The summed E-state index contributed by atoms with van der Waals surface area (Å²) in [4.78, 5) is 15.6. The molecule has 0 radical (unpaired) electrons. The van der Waals surface area contributed by atoms with Gasteiger partial charge in [0, 0.05) is 24.7 Å². The Kier molecular flexibility index (Phi) is 6.51.